The van der Waals surface area contributed by atoms with Crippen molar-refractivity contribution in [2.45, 2.75) is 89.2 Å². The molecule has 16 heteroatoms. The van der Waals surface area contributed by atoms with Crippen molar-refractivity contribution in [3.05, 3.63) is 35.9 Å². The molecule has 0 aromatic heterocycles. The van der Waals surface area contributed by atoms with E-state index >= 15 is 0 Å². The van der Waals surface area contributed by atoms with Crippen LogP contribution in [0.25, 0.3) is 0 Å². The third-order valence-corrected chi connectivity index (χ3v) is 6.80. The Morgan fingerprint density at radius 1 is 0.795 bits per heavy atom. The molecule has 0 saturated carbocycles. The highest BCUT2D eigenvalue weighted by Gasteiger charge is 2.35. The molecule has 1 aromatic carbocycles. The second-order valence-electron chi connectivity index (χ2n) is 10.5. The van der Waals surface area contributed by atoms with Gasteiger partial charge < -0.3 is 48.1 Å². The van der Waals surface area contributed by atoms with Gasteiger partial charge in [-0.15, -0.1) is 0 Å². The normalized spacial score (nSPS) is 15.7. The number of carboxylic acids is 2. The summed E-state index contributed by atoms with van der Waals surface area (Å²) in [6, 6.07) is 1.36. The Labute approximate surface area is 254 Å². The van der Waals surface area contributed by atoms with Gasteiger partial charge in [0.2, 0.25) is 29.5 Å². The quantitative estimate of drug-likeness (QED) is 0.0794. The van der Waals surface area contributed by atoms with Crippen LogP contribution in [0.3, 0.4) is 0 Å². The Hall–Kier alpha value is -4.57. The summed E-state index contributed by atoms with van der Waals surface area (Å²) >= 11 is 0. The predicted molar refractivity (Wildman–Crippen MR) is 155 cm³/mol. The zero-order valence-corrected chi connectivity index (χ0v) is 24.8. The number of carboxylic acid groups (broad SMARTS) is 2. The van der Waals surface area contributed by atoms with Crippen molar-refractivity contribution in [3.63, 3.8) is 0 Å². The molecule has 1 aromatic rings. The fraction of sp³-hybridized carbons (Fsp3) is 0.536. The molecule has 16 nitrogen and oxygen atoms in total. The second kappa shape index (κ2) is 18.2. The third-order valence-electron chi connectivity index (χ3n) is 6.80. The van der Waals surface area contributed by atoms with E-state index in [0.29, 0.717) is 12.0 Å². The number of primary amides is 1. The van der Waals surface area contributed by atoms with Crippen LogP contribution in [-0.2, 0) is 40.0 Å². The van der Waals surface area contributed by atoms with E-state index in [1.54, 1.807) is 44.2 Å². The molecule has 0 aliphatic carbocycles. The number of nitrogens with two attached hydrogens (primary N) is 2. The number of hydrogen-bond acceptors (Lipinski definition) is 9. The maximum absolute atomic E-state index is 13.5. The first kappa shape index (κ1) is 37.5. The summed E-state index contributed by atoms with van der Waals surface area (Å²) in [5.74, 6) is -7.72. The molecule has 7 atom stereocenters. The van der Waals surface area contributed by atoms with Gasteiger partial charge in [-0.25, -0.2) is 4.79 Å². The van der Waals surface area contributed by atoms with Crippen molar-refractivity contribution in [1.82, 2.24) is 21.3 Å². The summed E-state index contributed by atoms with van der Waals surface area (Å²) in [5.41, 5.74) is 11.5. The molecule has 0 heterocycles. The standard InChI is InChI=1S/C28H42N6O10/c1-4-14(2)22(33-24(39)17(29)10-11-21(37)38)26(41)31-18(12-16-8-6-5-7-9-16)25(40)34-23(15(3)35)27(42)32-19(28(43)44)13-20(30)36/h5-9,14-15,17-19,22-23,35H,4,10-13,29H2,1-3H3,(H2,30,36)(H,31,41)(H,32,42)(H,33,39)(H,34,40)(H,37,38)(H,43,44)/t14-,15+,17-,18-,19-,22-,23-/m0/s1. The number of benzene rings is 1. The van der Waals surface area contributed by atoms with Crippen LogP contribution in [0, 0.1) is 5.92 Å². The number of carbonyl (C=O) groups excluding carboxylic acids is 5. The molecule has 44 heavy (non-hydrogen) atoms. The lowest BCUT2D eigenvalue weighted by molar-refractivity contribution is -0.144. The van der Waals surface area contributed by atoms with Crippen molar-refractivity contribution in [2.24, 2.45) is 17.4 Å². The van der Waals surface area contributed by atoms with Crippen molar-refractivity contribution in [3.8, 4) is 0 Å². The van der Waals surface area contributed by atoms with E-state index in [-0.39, 0.29) is 19.3 Å². The molecule has 0 aliphatic rings. The molecule has 0 aliphatic heterocycles. The van der Waals surface area contributed by atoms with Gasteiger partial charge in [0, 0.05) is 12.8 Å². The van der Waals surface area contributed by atoms with Crippen LogP contribution in [0.5, 0.6) is 0 Å². The maximum atomic E-state index is 13.5. The molecule has 1 rings (SSSR count). The minimum absolute atomic E-state index is 0.0781. The van der Waals surface area contributed by atoms with E-state index in [4.69, 9.17) is 16.6 Å². The van der Waals surface area contributed by atoms with Crippen LogP contribution in [0.4, 0.5) is 0 Å². The van der Waals surface area contributed by atoms with Gasteiger partial charge in [0.05, 0.1) is 18.6 Å². The monoisotopic (exact) mass is 622 g/mol. The molecule has 11 N–H and O–H groups in total. The predicted octanol–water partition coefficient (Wildman–Crippen LogP) is -2.25. The van der Waals surface area contributed by atoms with Gasteiger partial charge in [-0.1, -0.05) is 50.6 Å². The van der Waals surface area contributed by atoms with E-state index < -0.39 is 90.1 Å². The Morgan fingerprint density at radius 2 is 1.34 bits per heavy atom. The maximum Gasteiger partial charge on any atom is 0.326 e. The number of rotatable bonds is 19. The Morgan fingerprint density at radius 3 is 1.84 bits per heavy atom. The van der Waals surface area contributed by atoms with Gasteiger partial charge in [0.25, 0.3) is 0 Å². The largest absolute Gasteiger partial charge is 0.481 e. The average molecular weight is 623 g/mol. The zero-order valence-electron chi connectivity index (χ0n) is 24.8. The number of nitrogens with one attached hydrogen (secondary N) is 4. The van der Waals surface area contributed by atoms with Crippen LogP contribution >= 0.6 is 0 Å². The van der Waals surface area contributed by atoms with Gasteiger partial charge in [-0.2, -0.15) is 0 Å². The number of carbonyl (C=O) groups is 7. The summed E-state index contributed by atoms with van der Waals surface area (Å²) in [7, 11) is 0. The average Bonchev–Trinajstić information content (AvgIpc) is 2.95. The van der Waals surface area contributed by atoms with Crippen LogP contribution < -0.4 is 32.7 Å². The lowest BCUT2D eigenvalue weighted by Gasteiger charge is -2.29. The van der Waals surface area contributed by atoms with Gasteiger partial charge in [-0.05, 0) is 24.8 Å². The Kier molecular flexibility index (Phi) is 15.5. The lowest BCUT2D eigenvalue weighted by Crippen LogP contribution is -2.61. The van der Waals surface area contributed by atoms with E-state index in [9.17, 15) is 43.8 Å². The van der Waals surface area contributed by atoms with E-state index in [0.717, 1.165) is 0 Å². The number of amides is 5. The molecule has 0 saturated heterocycles. The van der Waals surface area contributed by atoms with Gasteiger partial charge in [-0.3, -0.25) is 28.8 Å². The molecular formula is C28H42N6O10. The Bertz CT molecular complexity index is 1180. The fourth-order valence-electron chi connectivity index (χ4n) is 4.01. The van der Waals surface area contributed by atoms with Crippen molar-refractivity contribution >= 4 is 41.5 Å². The van der Waals surface area contributed by atoms with Gasteiger partial charge >= 0.3 is 11.9 Å². The van der Waals surface area contributed by atoms with E-state index in [1.807, 2.05) is 0 Å². The summed E-state index contributed by atoms with van der Waals surface area (Å²) in [5, 5.41) is 37.9. The SMILES string of the molecule is CC[C@H](C)[C@H](NC(=O)[C@@H](N)CCC(=O)O)C(=O)N[C@@H](Cc1ccccc1)C(=O)N[C@H](C(=O)N[C@@H](CC(N)=O)C(=O)O)[C@@H](C)O. The third kappa shape index (κ3) is 12.7. The molecule has 5 amide bonds. The van der Waals surface area contributed by atoms with E-state index in [2.05, 4.69) is 21.3 Å². The summed E-state index contributed by atoms with van der Waals surface area (Å²) in [4.78, 5) is 86.0. The molecule has 244 valence electrons. The smallest absolute Gasteiger partial charge is 0.326 e. The number of aliphatic hydroxyl groups excluding tert-OH is 1. The molecule has 0 bridgehead atoms. The van der Waals surface area contributed by atoms with Crippen molar-refractivity contribution < 1.29 is 48.9 Å². The summed E-state index contributed by atoms with van der Waals surface area (Å²) in [6.07, 6.45) is -2.45. The minimum Gasteiger partial charge on any atom is -0.481 e. The highest BCUT2D eigenvalue weighted by Crippen LogP contribution is 2.11. The summed E-state index contributed by atoms with van der Waals surface area (Å²) in [6.45, 7) is 4.61. The molecule has 0 radical (unpaired) electrons. The summed E-state index contributed by atoms with van der Waals surface area (Å²) < 4.78 is 0. The zero-order chi connectivity index (χ0) is 33.6. The van der Waals surface area contributed by atoms with Crippen LogP contribution in [-0.4, -0.2) is 93.1 Å². The molecule has 0 fully saturated rings. The molecule has 0 spiro atoms. The lowest BCUT2D eigenvalue weighted by atomic mass is 9.96. The molecular weight excluding hydrogens is 580 g/mol. The number of aliphatic hydroxyl groups is 1. The van der Waals surface area contributed by atoms with Gasteiger partial charge in [0.15, 0.2) is 0 Å². The highest BCUT2D eigenvalue weighted by atomic mass is 16.4. The van der Waals surface area contributed by atoms with E-state index in [1.165, 1.54) is 6.92 Å². The van der Waals surface area contributed by atoms with Gasteiger partial charge in [0.1, 0.15) is 24.2 Å². The van der Waals surface area contributed by atoms with Crippen LogP contribution in [0.1, 0.15) is 52.0 Å². The van der Waals surface area contributed by atoms with Crippen LogP contribution in [0.2, 0.25) is 0 Å². The Balaban J connectivity index is 3.25. The number of aliphatic carboxylic acids is 2. The second-order valence-corrected chi connectivity index (χ2v) is 10.5. The topological polar surface area (TPSA) is 280 Å². The highest BCUT2D eigenvalue weighted by molar-refractivity contribution is 5.96. The first-order valence-electron chi connectivity index (χ1n) is 14.0. The first-order chi connectivity index (χ1) is 20.6. The minimum atomic E-state index is -1.72. The van der Waals surface area contributed by atoms with Crippen LogP contribution in [0.15, 0.2) is 30.3 Å². The number of hydrogen-bond donors (Lipinski definition) is 9. The van der Waals surface area contributed by atoms with Crippen molar-refractivity contribution in [2.75, 3.05) is 0 Å². The van der Waals surface area contributed by atoms with Crippen molar-refractivity contribution in [1.29, 1.82) is 0 Å². The first-order valence-corrected chi connectivity index (χ1v) is 14.0. The fourth-order valence-corrected chi connectivity index (χ4v) is 4.01. The molecule has 0 unspecified atom stereocenters.